The first-order valence-electron chi connectivity index (χ1n) is 15.2. The van der Waals surface area contributed by atoms with Gasteiger partial charge in [0, 0.05) is 86.0 Å². The number of nitrogens with one attached hydrogen (secondary N) is 2. The number of likely N-dealkylation sites (N-methyl/N-ethyl adjacent to an activating group) is 1. The third-order valence-electron chi connectivity index (χ3n) is 9.13. The Morgan fingerprint density at radius 1 is 1.12 bits per heavy atom. The van der Waals surface area contributed by atoms with Gasteiger partial charge in [0.2, 0.25) is 0 Å². The highest BCUT2D eigenvalue weighted by Gasteiger charge is 2.48. The third-order valence-corrected chi connectivity index (χ3v) is 9.13. The van der Waals surface area contributed by atoms with E-state index in [1.54, 1.807) is 0 Å². The SMILES string of the molecule is CCN1CCN(c2ccc(-c3cc(C(=O)NCc4c(C)cc(C)[nH]c4=O)c(C)c4c3OC(C)(C3CCOC3)O4)cn2)CC1. The molecule has 0 spiro atoms. The summed E-state index contributed by atoms with van der Waals surface area (Å²) in [6.07, 6.45) is 2.68. The van der Waals surface area contributed by atoms with Crippen LogP contribution in [0.3, 0.4) is 0 Å². The fourth-order valence-corrected chi connectivity index (χ4v) is 6.34. The monoisotopic (exact) mass is 587 g/mol. The van der Waals surface area contributed by atoms with Crippen molar-refractivity contribution in [1.82, 2.24) is 20.2 Å². The molecule has 2 unspecified atom stereocenters. The highest BCUT2D eigenvalue weighted by atomic mass is 16.7. The summed E-state index contributed by atoms with van der Waals surface area (Å²) in [5.41, 5.74) is 4.68. The van der Waals surface area contributed by atoms with Gasteiger partial charge in [0.25, 0.3) is 17.3 Å². The first-order chi connectivity index (χ1) is 20.7. The summed E-state index contributed by atoms with van der Waals surface area (Å²) in [5, 5.41) is 2.96. The number of pyridine rings is 2. The van der Waals surface area contributed by atoms with Crippen LogP contribution < -0.4 is 25.2 Å². The van der Waals surface area contributed by atoms with Crippen molar-refractivity contribution < 1.29 is 19.0 Å². The van der Waals surface area contributed by atoms with E-state index in [0.29, 0.717) is 41.4 Å². The average molecular weight is 588 g/mol. The molecule has 6 rings (SSSR count). The van der Waals surface area contributed by atoms with Gasteiger partial charge < -0.3 is 34.3 Å². The summed E-state index contributed by atoms with van der Waals surface area (Å²) in [6.45, 7) is 16.0. The second-order valence-electron chi connectivity index (χ2n) is 12.0. The molecule has 43 heavy (non-hydrogen) atoms. The molecular formula is C33H41N5O5. The van der Waals surface area contributed by atoms with Crippen LogP contribution in [-0.2, 0) is 11.3 Å². The van der Waals surface area contributed by atoms with Crippen molar-refractivity contribution in [1.29, 1.82) is 0 Å². The predicted octanol–water partition coefficient (Wildman–Crippen LogP) is 3.96. The molecule has 5 heterocycles. The average Bonchev–Trinajstić information content (AvgIpc) is 3.67. The third kappa shape index (κ3) is 5.61. The highest BCUT2D eigenvalue weighted by Crippen LogP contribution is 2.52. The first kappa shape index (κ1) is 29.2. The summed E-state index contributed by atoms with van der Waals surface area (Å²) >= 11 is 0. The van der Waals surface area contributed by atoms with Crippen LogP contribution in [0.1, 0.15) is 53.0 Å². The molecule has 0 bridgehead atoms. The fourth-order valence-electron chi connectivity index (χ4n) is 6.34. The number of rotatable bonds is 7. The van der Waals surface area contributed by atoms with Gasteiger partial charge in [-0.15, -0.1) is 0 Å². The lowest BCUT2D eigenvalue weighted by atomic mass is 9.97. The van der Waals surface area contributed by atoms with Crippen LogP contribution in [0.4, 0.5) is 5.82 Å². The van der Waals surface area contributed by atoms with Crippen LogP contribution in [-0.4, -0.2) is 72.5 Å². The molecule has 2 N–H and O–H groups in total. The van der Waals surface area contributed by atoms with Gasteiger partial charge in [-0.25, -0.2) is 4.98 Å². The molecule has 2 fully saturated rings. The molecule has 2 atom stereocenters. The Kier molecular flexibility index (Phi) is 7.91. The molecule has 2 saturated heterocycles. The van der Waals surface area contributed by atoms with Crippen molar-refractivity contribution in [2.24, 2.45) is 5.92 Å². The zero-order valence-corrected chi connectivity index (χ0v) is 25.7. The Hall–Kier alpha value is -3.89. The summed E-state index contributed by atoms with van der Waals surface area (Å²) in [6, 6.07) is 7.83. The van der Waals surface area contributed by atoms with Crippen molar-refractivity contribution in [3.05, 3.63) is 68.8 Å². The molecule has 3 aliphatic rings. The maximum Gasteiger partial charge on any atom is 0.254 e. The number of aryl methyl sites for hydroxylation is 2. The normalized spacial score (nSPS) is 21.8. The number of piperazine rings is 1. The molecule has 1 aromatic carbocycles. The Labute approximate surface area is 252 Å². The van der Waals surface area contributed by atoms with Crippen LogP contribution >= 0.6 is 0 Å². The first-order valence-corrected chi connectivity index (χ1v) is 15.2. The van der Waals surface area contributed by atoms with E-state index in [4.69, 9.17) is 19.2 Å². The van der Waals surface area contributed by atoms with E-state index in [2.05, 4.69) is 27.0 Å². The lowest BCUT2D eigenvalue weighted by molar-refractivity contribution is -0.110. The Balaban J connectivity index is 1.33. The molecule has 10 heteroatoms. The second kappa shape index (κ2) is 11.7. The van der Waals surface area contributed by atoms with Crippen LogP contribution in [0, 0.1) is 26.7 Å². The fraction of sp³-hybridized carbons (Fsp3) is 0.485. The molecule has 1 amide bonds. The van der Waals surface area contributed by atoms with E-state index in [1.165, 1.54) is 0 Å². The van der Waals surface area contributed by atoms with E-state index >= 15 is 0 Å². The number of carbonyl (C=O) groups is 1. The quantitative estimate of drug-likeness (QED) is 0.428. The maximum atomic E-state index is 13.7. The predicted molar refractivity (Wildman–Crippen MR) is 165 cm³/mol. The van der Waals surface area contributed by atoms with Crippen LogP contribution in [0.2, 0.25) is 0 Å². The lowest BCUT2D eigenvalue weighted by Crippen LogP contribution is -2.46. The molecule has 10 nitrogen and oxygen atoms in total. The minimum atomic E-state index is -0.911. The van der Waals surface area contributed by atoms with Gasteiger partial charge in [0.15, 0.2) is 11.5 Å². The van der Waals surface area contributed by atoms with E-state index in [0.717, 1.165) is 67.3 Å². The number of H-pyrrole nitrogens is 1. The number of anilines is 1. The van der Waals surface area contributed by atoms with Crippen LogP contribution in [0.5, 0.6) is 11.5 Å². The molecule has 3 aliphatic heterocycles. The number of nitrogens with zero attached hydrogens (tertiary/aromatic N) is 3. The molecule has 0 radical (unpaired) electrons. The van der Waals surface area contributed by atoms with Crippen molar-refractivity contribution in [2.45, 2.75) is 53.4 Å². The van der Waals surface area contributed by atoms with Crippen LogP contribution in [0.15, 0.2) is 35.3 Å². The number of ether oxygens (including phenoxy) is 3. The number of amides is 1. The van der Waals surface area contributed by atoms with Crippen molar-refractivity contribution >= 4 is 11.7 Å². The van der Waals surface area contributed by atoms with Gasteiger partial charge in [-0.3, -0.25) is 9.59 Å². The lowest BCUT2D eigenvalue weighted by Gasteiger charge is -2.34. The van der Waals surface area contributed by atoms with Crippen molar-refractivity contribution in [2.75, 3.05) is 50.8 Å². The summed E-state index contributed by atoms with van der Waals surface area (Å²) in [7, 11) is 0. The van der Waals surface area contributed by atoms with E-state index in [1.807, 2.05) is 58.2 Å². The van der Waals surface area contributed by atoms with Gasteiger partial charge in [0.05, 0.1) is 12.5 Å². The number of benzene rings is 1. The maximum absolute atomic E-state index is 13.7. The highest BCUT2D eigenvalue weighted by molar-refractivity contribution is 5.99. The molecule has 3 aromatic rings. The van der Waals surface area contributed by atoms with Gasteiger partial charge in [-0.05, 0) is 63.6 Å². The standard InChI is InChI=1S/C33H41N5O5/c1-6-37-10-12-38(13-11-37)28-8-7-23(17-34-28)26-16-25(31(39)35-18-27-20(2)15-21(3)36-32(27)40)22(4)29-30(26)43-33(5,42-29)24-9-14-41-19-24/h7-8,15-17,24H,6,9-14,18-19H2,1-5H3,(H,35,39)(H,36,40). The van der Waals surface area contributed by atoms with Gasteiger partial charge in [-0.2, -0.15) is 0 Å². The molecule has 2 aromatic heterocycles. The second-order valence-corrected chi connectivity index (χ2v) is 12.0. The molecule has 0 saturated carbocycles. The van der Waals surface area contributed by atoms with E-state index in [-0.39, 0.29) is 23.9 Å². The molecule has 0 aliphatic carbocycles. The Morgan fingerprint density at radius 3 is 2.53 bits per heavy atom. The number of fused-ring (bicyclic) bond motifs is 1. The van der Waals surface area contributed by atoms with Gasteiger partial charge in [0.1, 0.15) is 5.82 Å². The number of carbonyl (C=O) groups excluding carboxylic acids is 1. The van der Waals surface area contributed by atoms with E-state index in [9.17, 15) is 9.59 Å². The molecule has 228 valence electrons. The zero-order chi connectivity index (χ0) is 30.3. The van der Waals surface area contributed by atoms with Gasteiger partial charge in [-0.1, -0.05) is 6.92 Å². The summed E-state index contributed by atoms with van der Waals surface area (Å²) in [4.78, 5) is 38.6. The number of aromatic nitrogens is 2. The van der Waals surface area contributed by atoms with Crippen LogP contribution in [0.25, 0.3) is 11.1 Å². The Morgan fingerprint density at radius 2 is 1.88 bits per heavy atom. The smallest absolute Gasteiger partial charge is 0.254 e. The number of hydrogen-bond donors (Lipinski definition) is 2. The zero-order valence-electron chi connectivity index (χ0n) is 25.7. The largest absolute Gasteiger partial charge is 0.448 e. The Bertz CT molecular complexity index is 1570. The minimum Gasteiger partial charge on any atom is -0.448 e. The summed E-state index contributed by atoms with van der Waals surface area (Å²) < 4.78 is 18.8. The molecular weight excluding hydrogens is 546 g/mol. The number of hydrogen-bond acceptors (Lipinski definition) is 8. The minimum absolute atomic E-state index is 0.0583. The van der Waals surface area contributed by atoms with E-state index < -0.39 is 5.79 Å². The van der Waals surface area contributed by atoms with Crippen molar-refractivity contribution in [3.63, 3.8) is 0 Å². The summed E-state index contributed by atoms with van der Waals surface area (Å²) in [5.74, 6) is 0.960. The van der Waals surface area contributed by atoms with Gasteiger partial charge >= 0.3 is 0 Å². The van der Waals surface area contributed by atoms with Crippen molar-refractivity contribution in [3.8, 4) is 22.6 Å². The topological polar surface area (TPSA) is 109 Å². The number of aromatic amines is 1.